The van der Waals surface area contributed by atoms with Gasteiger partial charge in [-0.05, 0) is 16.3 Å². The molecule has 2 atom stereocenters. The number of anilines is 1. The number of amides is 1. The number of rotatable bonds is 6. The number of nitrogens with zero attached hydrogens (tertiary/aromatic N) is 6. The summed E-state index contributed by atoms with van der Waals surface area (Å²) >= 11 is 0. The molecule has 0 aliphatic carbocycles. The monoisotopic (exact) mass is 326 g/mol. The second kappa shape index (κ2) is 6.99. The molecule has 24 heavy (non-hydrogen) atoms. The first kappa shape index (κ1) is 15.8. The summed E-state index contributed by atoms with van der Waals surface area (Å²) in [5.74, 6) is 0.616. The molecular formula is C15H18N8O. The van der Waals surface area contributed by atoms with Crippen LogP contribution in [0.1, 0.15) is 26.3 Å². The summed E-state index contributed by atoms with van der Waals surface area (Å²) in [6.45, 7) is 3.98. The first-order valence-corrected chi connectivity index (χ1v) is 7.70. The van der Waals surface area contributed by atoms with Crippen molar-refractivity contribution >= 4 is 11.9 Å². The lowest BCUT2D eigenvalue weighted by Gasteiger charge is -2.20. The third-order valence-electron chi connectivity index (χ3n) is 3.87. The molecule has 3 rings (SSSR count). The Hall–Kier alpha value is -3.10. The van der Waals surface area contributed by atoms with Gasteiger partial charge >= 0.3 is 0 Å². The van der Waals surface area contributed by atoms with E-state index < -0.39 is 6.04 Å². The Morgan fingerprint density at radius 2 is 2.12 bits per heavy atom. The molecule has 0 saturated carbocycles. The summed E-state index contributed by atoms with van der Waals surface area (Å²) in [4.78, 5) is 16.9. The zero-order chi connectivity index (χ0) is 16.9. The predicted octanol–water partition coefficient (Wildman–Crippen LogP) is 1.68. The van der Waals surface area contributed by atoms with Gasteiger partial charge in [-0.25, -0.2) is 4.68 Å². The van der Waals surface area contributed by atoms with Crippen LogP contribution in [0.25, 0.3) is 11.4 Å². The van der Waals surface area contributed by atoms with E-state index in [0.29, 0.717) is 5.82 Å². The molecule has 0 aliphatic heterocycles. The van der Waals surface area contributed by atoms with E-state index in [2.05, 4.69) is 36.0 Å². The maximum absolute atomic E-state index is 12.6. The first-order valence-electron chi connectivity index (χ1n) is 7.70. The number of aromatic nitrogens is 7. The third-order valence-corrected chi connectivity index (χ3v) is 3.87. The summed E-state index contributed by atoms with van der Waals surface area (Å²) in [6.07, 6.45) is 2.24. The molecule has 2 aromatic heterocycles. The number of carbonyl (C=O) groups is 1. The van der Waals surface area contributed by atoms with E-state index >= 15 is 0 Å². The lowest BCUT2D eigenvalue weighted by atomic mass is 9.99. The maximum atomic E-state index is 12.6. The van der Waals surface area contributed by atoms with Crippen molar-refractivity contribution in [2.45, 2.75) is 26.3 Å². The van der Waals surface area contributed by atoms with Gasteiger partial charge in [-0.2, -0.15) is 4.98 Å². The Labute approximate surface area is 138 Å². The Morgan fingerprint density at radius 1 is 1.33 bits per heavy atom. The molecule has 0 fully saturated rings. The van der Waals surface area contributed by atoms with Crippen molar-refractivity contribution in [3.05, 3.63) is 36.7 Å². The summed E-state index contributed by atoms with van der Waals surface area (Å²) in [6, 6.07) is 9.04. The molecular weight excluding hydrogens is 308 g/mol. The molecule has 2 heterocycles. The van der Waals surface area contributed by atoms with Gasteiger partial charge in [-0.1, -0.05) is 50.6 Å². The van der Waals surface area contributed by atoms with E-state index in [4.69, 9.17) is 0 Å². The van der Waals surface area contributed by atoms with Gasteiger partial charge in [0.15, 0.2) is 5.82 Å². The maximum Gasteiger partial charge on any atom is 0.252 e. The van der Waals surface area contributed by atoms with E-state index in [1.807, 2.05) is 44.2 Å². The lowest BCUT2D eigenvalue weighted by Crippen LogP contribution is -2.31. The smallest absolute Gasteiger partial charge is 0.252 e. The summed E-state index contributed by atoms with van der Waals surface area (Å²) in [5.41, 5.74) is 0.893. The third kappa shape index (κ3) is 3.29. The van der Waals surface area contributed by atoms with E-state index in [0.717, 1.165) is 12.0 Å². The number of hydrogen-bond acceptors (Lipinski definition) is 6. The average Bonchev–Trinajstić information content (AvgIpc) is 3.28. The highest BCUT2D eigenvalue weighted by molar-refractivity contribution is 5.92. The molecule has 0 aliphatic rings. The minimum absolute atomic E-state index is 0.0565. The van der Waals surface area contributed by atoms with Gasteiger partial charge in [0.1, 0.15) is 12.4 Å². The van der Waals surface area contributed by atoms with Crippen LogP contribution in [-0.4, -0.2) is 41.3 Å². The van der Waals surface area contributed by atoms with Gasteiger partial charge in [0.2, 0.25) is 5.95 Å². The minimum atomic E-state index is -0.524. The molecule has 9 heteroatoms. The van der Waals surface area contributed by atoms with E-state index in [1.54, 1.807) is 0 Å². The van der Waals surface area contributed by atoms with Crippen LogP contribution in [0.3, 0.4) is 0 Å². The number of tetrazole rings is 1. The minimum Gasteiger partial charge on any atom is -0.291 e. The van der Waals surface area contributed by atoms with E-state index in [1.165, 1.54) is 11.0 Å². The van der Waals surface area contributed by atoms with Crippen molar-refractivity contribution in [2.75, 3.05) is 5.32 Å². The van der Waals surface area contributed by atoms with Gasteiger partial charge in [0, 0.05) is 5.56 Å². The average molecular weight is 326 g/mol. The lowest BCUT2D eigenvalue weighted by molar-refractivity contribution is -0.121. The van der Waals surface area contributed by atoms with Crippen LogP contribution in [0.4, 0.5) is 5.95 Å². The van der Waals surface area contributed by atoms with Crippen molar-refractivity contribution in [3.63, 3.8) is 0 Å². The van der Waals surface area contributed by atoms with Crippen molar-refractivity contribution in [1.29, 1.82) is 0 Å². The molecule has 0 unspecified atom stereocenters. The Balaban J connectivity index is 1.77. The molecule has 0 bridgehead atoms. The van der Waals surface area contributed by atoms with Crippen LogP contribution in [0, 0.1) is 5.92 Å². The van der Waals surface area contributed by atoms with Crippen molar-refractivity contribution in [2.24, 2.45) is 5.92 Å². The highest BCUT2D eigenvalue weighted by atomic mass is 16.2. The van der Waals surface area contributed by atoms with Crippen LogP contribution in [0.2, 0.25) is 0 Å². The van der Waals surface area contributed by atoms with Gasteiger partial charge in [-0.3, -0.25) is 15.2 Å². The fourth-order valence-corrected chi connectivity index (χ4v) is 2.39. The van der Waals surface area contributed by atoms with Crippen LogP contribution in [0.15, 0.2) is 36.7 Å². The SMILES string of the molecule is CC[C@H](C)[C@@H](C(=O)Nc1n[nH]c(-c2ccccc2)n1)n1cnnn1. The zero-order valence-corrected chi connectivity index (χ0v) is 13.4. The fraction of sp³-hybridized carbons (Fsp3) is 0.333. The highest BCUT2D eigenvalue weighted by Gasteiger charge is 2.28. The molecule has 3 aromatic rings. The highest BCUT2D eigenvalue weighted by Crippen LogP contribution is 2.22. The second-order valence-corrected chi connectivity index (χ2v) is 5.48. The number of H-pyrrole nitrogens is 1. The fourth-order valence-electron chi connectivity index (χ4n) is 2.39. The summed E-state index contributed by atoms with van der Waals surface area (Å²) in [5, 5.41) is 20.7. The second-order valence-electron chi connectivity index (χ2n) is 5.48. The number of benzene rings is 1. The van der Waals surface area contributed by atoms with E-state index in [9.17, 15) is 4.79 Å². The largest absolute Gasteiger partial charge is 0.291 e. The van der Waals surface area contributed by atoms with E-state index in [-0.39, 0.29) is 17.8 Å². The Morgan fingerprint density at radius 3 is 2.79 bits per heavy atom. The van der Waals surface area contributed by atoms with Crippen LogP contribution in [0.5, 0.6) is 0 Å². The molecule has 0 saturated heterocycles. The van der Waals surface area contributed by atoms with Crippen LogP contribution in [-0.2, 0) is 4.79 Å². The summed E-state index contributed by atoms with van der Waals surface area (Å²) < 4.78 is 1.45. The van der Waals surface area contributed by atoms with Gasteiger partial charge in [0.25, 0.3) is 5.91 Å². The molecule has 0 radical (unpaired) electrons. The zero-order valence-electron chi connectivity index (χ0n) is 13.4. The summed E-state index contributed by atoms with van der Waals surface area (Å²) in [7, 11) is 0. The van der Waals surface area contributed by atoms with Crippen molar-refractivity contribution in [3.8, 4) is 11.4 Å². The van der Waals surface area contributed by atoms with Gasteiger partial charge < -0.3 is 0 Å². The van der Waals surface area contributed by atoms with Gasteiger partial charge in [-0.15, -0.1) is 10.2 Å². The van der Waals surface area contributed by atoms with Crippen LogP contribution >= 0.6 is 0 Å². The number of aromatic amines is 1. The standard InChI is InChI=1S/C15H18N8O/c1-3-10(2)12(23-9-16-21-22-23)14(24)18-15-17-13(19-20-15)11-7-5-4-6-8-11/h4-10,12H,3H2,1-2H3,(H2,17,18,19,20,24)/t10-,12-/m0/s1. The molecule has 9 nitrogen and oxygen atoms in total. The normalized spacial score (nSPS) is 13.4. The molecule has 1 amide bonds. The number of hydrogen-bond donors (Lipinski definition) is 2. The first-order chi connectivity index (χ1) is 11.7. The Kier molecular flexibility index (Phi) is 4.59. The number of nitrogens with one attached hydrogen (secondary N) is 2. The molecule has 0 spiro atoms. The topological polar surface area (TPSA) is 114 Å². The molecule has 2 N–H and O–H groups in total. The predicted molar refractivity (Wildman–Crippen MR) is 86.8 cm³/mol. The quantitative estimate of drug-likeness (QED) is 0.712. The van der Waals surface area contributed by atoms with Crippen molar-refractivity contribution in [1.82, 2.24) is 35.4 Å². The van der Waals surface area contributed by atoms with Crippen molar-refractivity contribution < 1.29 is 4.79 Å². The van der Waals surface area contributed by atoms with Gasteiger partial charge in [0.05, 0.1) is 0 Å². The Bertz CT molecular complexity index is 783. The number of carbonyl (C=O) groups excluding carboxylic acids is 1. The molecule has 124 valence electrons. The molecule has 1 aromatic carbocycles. The van der Waals surface area contributed by atoms with Crippen LogP contribution < -0.4 is 5.32 Å².